The van der Waals surface area contributed by atoms with Gasteiger partial charge in [-0.3, -0.25) is 9.59 Å². The average Bonchev–Trinajstić information content (AvgIpc) is 3.21. The van der Waals surface area contributed by atoms with Crippen LogP contribution in [-0.4, -0.2) is 11.8 Å². The predicted molar refractivity (Wildman–Crippen MR) is 75.2 cm³/mol. The third kappa shape index (κ3) is 1.29. The number of hydrogen-bond donors (Lipinski definition) is 0. The van der Waals surface area contributed by atoms with Gasteiger partial charge in [-0.25, -0.2) is 4.90 Å². The molecule has 0 bridgehead atoms. The first-order chi connectivity index (χ1) is 9.75. The minimum absolute atomic E-state index is 0.0648. The quantitative estimate of drug-likeness (QED) is 0.781. The minimum atomic E-state index is -0.603. The van der Waals surface area contributed by atoms with Crippen molar-refractivity contribution in [1.29, 1.82) is 0 Å². The van der Waals surface area contributed by atoms with E-state index in [0.29, 0.717) is 12.1 Å². The molecule has 0 radical (unpaired) electrons. The van der Waals surface area contributed by atoms with Crippen molar-refractivity contribution in [3.63, 3.8) is 0 Å². The molecule has 98 valence electrons. The Morgan fingerprint density at radius 3 is 2.15 bits per heavy atom. The molecule has 1 saturated carbocycles. The summed E-state index contributed by atoms with van der Waals surface area (Å²) in [5.41, 5.74) is 1.03. The third-order valence-electron chi connectivity index (χ3n) is 4.37. The normalized spacial score (nSPS) is 27.6. The summed E-state index contributed by atoms with van der Waals surface area (Å²) in [6, 6.07) is 18.8. The summed E-state index contributed by atoms with van der Waals surface area (Å²) >= 11 is 0. The topological polar surface area (TPSA) is 37.4 Å². The highest BCUT2D eigenvalue weighted by Gasteiger charge is 2.72. The predicted octanol–water partition coefficient (Wildman–Crippen LogP) is 2.52. The lowest BCUT2D eigenvalue weighted by molar-refractivity contribution is -0.124. The second-order valence-corrected chi connectivity index (χ2v) is 5.41. The summed E-state index contributed by atoms with van der Waals surface area (Å²) < 4.78 is 0. The number of imide groups is 1. The lowest BCUT2D eigenvalue weighted by Gasteiger charge is -2.19. The number of benzene rings is 2. The molecule has 1 aliphatic heterocycles. The van der Waals surface area contributed by atoms with Gasteiger partial charge in [0.2, 0.25) is 11.8 Å². The van der Waals surface area contributed by atoms with Gasteiger partial charge < -0.3 is 0 Å². The molecule has 20 heavy (non-hydrogen) atoms. The van der Waals surface area contributed by atoms with Crippen molar-refractivity contribution in [3.8, 4) is 0 Å². The number of carbonyl (C=O) groups is 2. The molecule has 2 fully saturated rings. The molecule has 0 aromatic heterocycles. The summed E-state index contributed by atoms with van der Waals surface area (Å²) in [7, 11) is 0. The van der Waals surface area contributed by atoms with Crippen molar-refractivity contribution < 1.29 is 9.59 Å². The van der Waals surface area contributed by atoms with Gasteiger partial charge in [0.15, 0.2) is 0 Å². The van der Waals surface area contributed by atoms with E-state index in [1.54, 1.807) is 12.1 Å². The largest absolute Gasteiger partial charge is 0.274 e. The Balaban J connectivity index is 1.79. The van der Waals surface area contributed by atoms with Crippen molar-refractivity contribution >= 4 is 17.5 Å². The lowest BCUT2D eigenvalue weighted by Crippen LogP contribution is -2.36. The Hall–Kier alpha value is -2.42. The number of hydrogen-bond acceptors (Lipinski definition) is 2. The molecule has 2 aromatic rings. The lowest BCUT2D eigenvalue weighted by atomic mass is 9.94. The van der Waals surface area contributed by atoms with E-state index in [-0.39, 0.29) is 17.7 Å². The van der Waals surface area contributed by atoms with Crippen LogP contribution in [0.2, 0.25) is 0 Å². The Bertz CT molecular complexity index is 695. The van der Waals surface area contributed by atoms with Gasteiger partial charge >= 0.3 is 0 Å². The zero-order valence-corrected chi connectivity index (χ0v) is 10.8. The molecular formula is C17H13NO2. The smallest absolute Gasteiger partial charge is 0.245 e. The fourth-order valence-corrected chi connectivity index (χ4v) is 3.25. The van der Waals surface area contributed by atoms with Gasteiger partial charge in [-0.1, -0.05) is 48.5 Å². The first-order valence-corrected chi connectivity index (χ1v) is 6.74. The molecule has 0 spiro atoms. The van der Waals surface area contributed by atoms with Gasteiger partial charge in [0.25, 0.3) is 0 Å². The van der Waals surface area contributed by atoms with Gasteiger partial charge in [-0.2, -0.15) is 0 Å². The molecule has 0 N–H and O–H groups in total. The van der Waals surface area contributed by atoms with E-state index in [0.717, 1.165) is 5.56 Å². The van der Waals surface area contributed by atoms with Gasteiger partial charge in [0.1, 0.15) is 0 Å². The summed E-state index contributed by atoms with van der Waals surface area (Å²) in [5.74, 6) is -0.326. The number of carbonyl (C=O) groups excluding carboxylic acids is 2. The highest BCUT2D eigenvalue weighted by molar-refractivity contribution is 6.29. The molecular weight excluding hydrogens is 250 g/mol. The van der Waals surface area contributed by atoms with Crippen molar-refractivity contribution in [2.45, 2.75) is 11.8 Å². The molecule has 2 atom stereocenters. The maximum atomic E-state index is 12.8. The first kappa shape index (κ1) is 11.4. The summed E-state index contributed by atoms with van der Waals surface area (Å²) in [4.78, 5) is 26.6. The van der Waals surface area contributed by atoms with E-state index in [9.17, 15) is 9.59 Å². The molecule has 3 nitrogen and oxygen atoms in total. The molecule has 2 unspecified atom stereocenters. The third-order valence-corrected chi connectivity index (χ3v) is 4.37. The van der Waals surface area contributed by atoms with E-state index in [1.165, 1.54) is 4.90 Å². The molecule has 2 aliphatic rings. The molecule has 3 heteroatoms. The van der Waals surface area contributed by atoms with E-state index in [4.69, 9.17) is 0 Å². The van der Waals surface area contributed by atoms with Crippen molar-refractivity contribution in [1.82, 2.24) is 0 Å². The SMILES string of the molecule is O=C1C2CC2(c2ccccc2)C(=O)N1c1ccccc1. The van der Waals surface area contributed by atoms with Gasteiger partial charge in [-0.15, -0.1) is 0 Å². The van der Waals surface area contributed by atoms with Gasteiger partial charge in [-0.05, 0) is 24.1 Å². The average molecular weight is 263 g/mol. The van der Waals surface area contributed by atoms with Crippen LogP contribution >= 0.6 is 0 Å². The molecule has 4 rings (SSSR count). The maximum Gasteiger partial charge on any atom is 0.245 e. The summed E-state index contributed by atoms with van der Waals surface area (Å²) in [6.07, 6.45) is 0.651. The number of rotatable bonds is 2. The number of amides is 2. The van der Waals surface area contributed by atoms with E-state index < -0.39 is 5.41 Å². The minimum Gasteiger partial charge on any atom is -0.274 e. The highest BCUT2D eigenvalue weighted by atomic mass is 16.2. The second kappa shape index (κ2) is 3.79. The number of anilines is 1. The van der Waals surface area contributed by atoms with Crippen LogP contribution in [-0.2, 0) is 15.0 Å². The fraction of sp³-hybridized carbons (Fsp3) is 0.176. The van der Waals surface area contributed by atoms with E-state index >= 15 is 0 Å². The number of para-hydroxylation sites is 1. The van der Waals surface area contributed by atoms with Crippen LogP contribution in [0.3, 0.4) is 0 Å². The molecule has 2 amide bonds. The summed E-state index contributed by atoms with van der Waals surface area (Å²) in [6.45, 7) is 0. The molecule has 1 heterocycles. The highest BCUT2D eigenvalue weighted by Crippen LogP contribution is 2.60. The van der Waals surface area contributed by atoms with Crippen molar-refractivity contribution in [3.05, 3.63) is 66.2 Å². The first-order valence-electron chi connectivity index (χ1n) is 6.74. The maximum absolute atomic E-state index is 12.8. The summed E-state index contributed by atoms with van der Waals surface area (Å²) in [5, 5.41) is 0. The van der Waals surface area contributed by atoms with Crippen LogP contribution < -0.4 is 4.90 Å². The zero-order valence-electron chi connectivity index (χ0n) is 10.8. The second-order valence-electron chi connectivity index (χ2n) is 5.41. The monoisotopic (exact) mass is 263 g/mol. The molecule has 1 aliphatic carbocycles. The van der Waals surface area contributed by atoms with Crippen LogP contribution in [0.15, 0.2) is 60.7 Å². The molecule has 2 aromatic carbocycles. The van der Waals surface area contributed by atoms with Crippen molar-refractivity contribution in [2.24, 2.45) is 5.92 Å². The zero-order chi connectivity index (χ0) is 13.7. The Morgan fingerprint density at radius 2 is 1.50 bits per heavy atom. The Kier molecular flexibility index (Phi) is 2.16. The van der Waals surface area contributed by atoms with Gasteiger partial charge in [0.05, 0.1) is 17.0 Å². The van der Waals surface area contributed by atoms with Crippen LogP contribution in [0.1, 0.15) is 12.0 Å². The van der Waals surface area contributed by atoms with E-state index in [2.05, 4.69) is 0 Å². The van der Waals surface area contributed by atoms with Crippen LogP contribution in [0.5, 0.6) is 0 Å². The van der Waals surface area contributed by atoms with Crippen LogP contribution in [0.4, 0.5) is 5.69 Å². The van der Waals surface area contributed by atoms with Gasteiger partial charge in [0, 0.05) is 0 Å². The Labute approximate surface area is 116 Å². The van der Waals surface area contributed by atoms with Crippen LogP contribution in [0.25, 0.3) is 0 Å². The van der Waals surface area contributed by atoms with Crippen LogP contribution in [0, 0.1) is 5.92 Å². The fourth-order valence-electron chi connectivity index (χ4n) is 3.25. The number of piperidine rings is 1. The molecule has 1 saturated heterocycles. The number of nitrogens with zero attached hydrogens (tertiary/aromatic N) is 1. The van der Waals surface area contributed by atoms with E-state index in [1.807, 2.05) is 48.5 Å². The standard InChI is InChI=1S/C17H13NO2/c19-15-14-11-17(14,12-7-3-1-4-8-12)16(20)18(15)13-9-5-2-6-10-13/h1-10,14H,11H2. The number of fused-ring (bicyclic) bond motifs is 1. The Morgan fingerprint density at radius 1 is 0.900 bits per heavy atom. The van der Waals surface area contributed by atoms with Crippen molar-refractivity contribution in [2.75, 3.05) is 4.90 Å².